The Morgan fingerprint density at radius 2 is 2.44 bits per heavy atom. The molecule has 1 N–H and O–H groups in total. The summed E-state index contributed by atoms with van der Waals surface area (Å²) in [5, 5.41) is 3.40. The van der Waals surface area contributed by atoms with E-state index < -0.39 is 0 Å². The molecule has 1 aliphatic carbocycles. The fourth-order valence-electron chi connectivity index (χ4n) is 3.18. The zero-order valence-corrected chi connectivity index (χ0v) is 10.1. The summed E-state index contributed by atoms with van der Waals surface area (Å²) < 4.78 is 2.48. The average molecular weight is 219 g/mol. The van der Waals surface area contributed by atoms with Crippen molar-refractivity contribution in [3.05, 3.63) is 17.2 Å². The molecule has 0 aromatic carbocycles. The van der Waals surface area contributed by atoms with E-state index in [1.54, 1.807) is 5.69 Å². The number of imidazole rings is 1. The quantitative estimate of drug-likeness (QED) is 0.823. The minimum absolute atomic E-state index is 0.910. The molecular formula is C13H21N3. The highest BCUT2D eigenvalue weighted by atomic mass is 15.2. The lowest BCUT2D eigenvalue weighted by molar-refractivity contribution is 0.400. The maximum Gasteiger partial charge on any atom is 0.123 e. The summed E-state index contributed by atoms with van der Waals surface area (Å²) in [7, 11) is 0. The van der Waals surface area contributed by atoms with Gasteiger partial charge in [-0.3, -0.25) is 0 Å². The van der Waals surface area contributed by atoms with Gasteiger partial charge in [0.25, 0.3) is 0 Å². The molecular weight excluding hydrogens is 198 g/mol. The monoisotopic (exact) mass is 219 g/mol. The van der Waals surface area contributed by atoms with E-state index in [-0.39, 0.29) is 0 Å². The lowest BCUT2D eigenvalue weighted by Crippen LogP contribution is -2.29. The first-order chi connectivity index (χ1) is 7.88. The van der Waals surface area contributed by atoms with Gasteiger partial charge in [-0.2, -0.15) is 0 Å². The molecule has 1 aromatic rings. The van der Waals surface area contributed by atoms with Gasteiger partial charge in [0.1, 0.15) is 5.82 Å². The third kappa shape index (κ3) is 1.67. The van der Waals surface area contributed by atoms with Crippen LogP contribution in [0.1, 0.15) is 43.4 Å². The van der Waals surface area contributed by atoms with Crippen molar-refractivity contribution in [3.63, 3.8) is 0 Å². The van der Waals surface area contributed by atoms with Gasteiger partial charge in [0, 0.05) is 18.8 Å². The van der Waals surface area contributed by atoms with Gasteiger partial charge in [-0.25, -0.2) is 4.98 Å². The first-order valence-electron chi connectivity index (χ1n) is 6.66. The minimum atomic E-state index is 0.910. The fourth-order valence-corrected chi connectivity index (χ4v) is 3.18. The van der Waals surface area contributed by atoms with Crippen molar-refractivity contribution in [2.75, 3.05) is 6.54 Å². The standard InChI is InChI=1S/C13H21N3/c1-2-3-10-4-5-11-12(8-10)16-7-6-14-9-13(16)15-11/h10,14H,2-9H2,1H3. The molecule has 0 saturated carbocycles. The van der Waals surface area contributed by atoms with Gasteiger partial charge >= 0.3 is 0 Å². The molecule has 0 radical (unpaired) electrons. The molecule has 3 heteroatoms. The molecule has 1 atom stereocenters. The molecule has 2 aliphatic rings. The van der Waals surface area contributed by atoms with Crippen molar-refractivity contribution < 1.29 is 0 Å². The lowest BCUT2D eigenvalue weighted by Gasteiger charge is -2.24. The van der Waals surface area contributed by atoms with Gasteiger partial charge in [0.2, 0.25) is 0 Å². The largest absolute Gasteiger partial charge is 0.329 e. The normalized spacial score (nSPS) is 23.9. The van der Waals surface area contributed by atoms with Crippen LogP contribution in [-0.4, -0.2) is 16.1 Å². The summed E-state index contributed by atoms with van der Waals surface area (Å²) in [6.45, 7) is 5.49. The van der Waals surface area contributed by atoms with Gasteiger partial charge in [-0.05, 0) is 25.2 Å². The van der Waals surface area contributed by atoms with E-state index in [4.69, 9.17) is 4.98 Å². The van der Waals surface area contributed by atoms with Crippen molar-refractivity contribution in [1.82, 2.24) is 14.9 Å². The van der Waals surface area contributed by atoms with E-state index in [1.807, 2.05) is 0 Å². The van der Waals surface area contributed by atoms with Crippen molar-refractivity contribution in [2.45, 2.75) is 52.1 Å². The number of hydrogen-bond donors (Lipinski definition) is 1. The Labute approximate surface area is 97.3 Å². The molecule has 1 unspecified atom stereocenters. The molecule has 0 bridgehead atoms. The first kappa shape index (κ1) is 10.3. The summed E-state index contributed by atoms with van der Waals surface area (Å²) in [6, 6.07) is 0. The molecule has 0 fully saturated rings. The molecule has 0 amide bonds. The van der Waals surface area contributed by atoms with Gasteiger partial charge in [-0.1, -0.05) is 19.8 Å². The predicted molar refractivity (Wildman–Crippen MR) is 64.4 cm³/mol. The highest BCUT2D eigenvalue weighted by molar-refractivity contribution is 5.22. The third-order valence-corrected chi connectivity index (χ3v) is 4.00. The molecule has 88 valence electrons. The maximum atomic E-state index is 4.79. The van der Waals surface area contributed by atoms with Crippen molar-refractivity contribution in [2.24, 2.45) is 5.92 Å². The van der Waals surface area contributed by atoms with Crippen molar-refractivity contribution >= 4 is 0 Å². The van der Waals surface area contributed by atoms with Crippen LogP contribution in [0.3, 0.4) is 0 Å². The van der Waals surface area contributed by atoms with E-state index >= 15 is 0 Å². The topological polar surface area (TPSA) is 29.9 Å². The minimum Gasteiger partial charge on any atom is -0.329 e. The number of rotatable bonds is 2. The molecule has 3 nitrogen and oxygen atoms in total. The maximum absolute atomic E-state index is 4.79. The summed E-state index contributed by atoms with van der Waals surface area (Å²) in [4.78, 5) is 4.79. The zero-order valence-electron chi connectivity index (χ0n) is 10.1. The van der Waals surface area contributed by atoms with Crippen molar-refractivity contribution in [3.8, 4) is 0 Å². The van der Waals surface area contributed by atoms with Gasteiger partial charge in [-0.15, -0.1) is 0 Å². The number of nitrogens with zero attached hydrogens (tertiary/aromatic N) is 2. The summed E-state index contributed by atoms with van der Waals surface area (Å²) in [5.74, 6) is 2.18. The lowest BCUT2D eigenvalue weighted by atomic mass is 9.86. The van der Waals surface area contributed by atoms with Gasteiger partial charge < -0.3 is 9.88 Å². The highest BCUT2D eigenvalue weighted by Crippen LogP contribution is 2.29. The van der Waals surface area contributed by atoms with Crippen molar-refractivity contribution in [1.29, 1.82) is 0 Å². The number of nitrogens with one attached hydrogen (secondary N) is 1. The Morgan fingerprint density at radius 3 is 3.31 bits per heavy atom. The fraction of sp³-hybridized carbons (Fsp3) is 0.769. The predicted octanol–water partition coefficient (Wildman–Crippen LogP) is 1.89. The van der Waals surface area contributed by atoms with Crippen LogP contribution in [-0.2, 0) is 25.9 Å². The number of aromatic nitrogens is 2. The van der Waals surface area contributed by atoms with E-state index in [0.29, 0.717) is 0 Å². The molecule has 3 rings (SSSR count). The Morgan fingerprint density at radius 1 is 1.50 bits per heavy atom. The Bertz CT molecular complexity index is 381. The van der Waals surface area contributed by atoms with Crippen LogP contribution in [0.2, 0.25) is 0 Å². The van der Waals surface area contributed by atoms with Crippen LogP contribution in [0.15, 0.2) is 0 Å². The second kappa shape index (κ2) is 4.21. The molecule has 2 heterocycles. The van der Waals surface area contributed by atoms with Gasteiger partial charge in [0.15, 0.2) is 0 Å². The molecule has 1 aliphatic heterocycles. The van der Waals surface area contributed by atoms with E-state index in [0.717, 1.165) is 25.6 Å². The van der Waals surface area contributed by atoms with Crippen LogP contribution < -0.4 is 5.32 Å². The molecule has 0 spiro atoms. The van der Waals surface area contributed by atoms with Gasteiger partial charge in [0.05, 0.1) is 12.2 Å². The number of hydrogen-bond acceptors (Lipinski definition) is 2. The SMILES string of the molecule is CCCC1CCc2nc3n(c2C1)CCNC3. The van der Waals surface area contributed by atoms with E-state index in [9.17, 15) is 0 Å². The summed E-state index contributed by atoms with van der Waals surface area (Å²) >= 11 is 0. The zero-order chi connectivity index (χ0) is 11.0. The van der Waals surface area contributed by atoms with Crippen LogP contribution in [0.5, 0.6) is 0 Å². The van der Waals surface area contributed by atoms with E-state index in [1.165, 1.54) is 43.6 Å². The third-order valence-electron chi connectivity index (χ3n) is 4.00. The molecule has 16 heavy (non-hydrogen) atoms. The molecule has 0 saturated heterocycles. The second-order valence-corrected chi connectivity index (χ2v) is 5.15. The highest BCUT2D eigenvalue weighted by Gasteiger charge is 2.25. The number of aryl methyl sites for hydroxylation is 1. The Balaban J connectivity index is 1.88. The van der Waals surface area contributed by atoms with E-state index in [2.05, 4.69) is 16.8 Å². The first-order valence-corrected chi connectivity index (χ1v) is 6.66. The smallest absolute Gasteiger partial charge is 0.123 e. The number of fused-ring (bicyclic) bond motifs is 3. The van der Waals surface area contributed by atoms with Crippen LogP contribution in [0, 0.1) is 5.92 Å². The Kier molecular flexibility index (Phi) is 2.72. The Hall–Kier alpha value is -0.830. The second-order valence-electron chi connectivity index (χ2n) is 5.15. The molecule has 1 aromatic heterocycles. The summed E-state index contributed by atoms with van der Waals surface area (Å²) in [5.41, 5.74) is 2.95. The van der Waals surface area contributed by atoms with Crippen LogP contribution in [0.25, 0.3) is 0 Å². The summed E-state index contributed by atoms with van der Waals surface area (Å²) in [6.07, 6.45) is 6.54. The van der Waals surface area contributed by atoms with Crippen LogP contribution >= 0.6 is 0 Å². The van der Waals surface area contributed by atoms with Crippen LogP contribution in [0.4, 0.5) is 0 Å². The average Bonchev–Trinajstić information content (AvgIpc) is 2.68.